The van der Waals surface area contributed by atoms with Crippen molar-refractivity contribution in [2.45, 2.75) is 47.1 Å². The predicted octanol–water partition coefficient (Wildman–Crippen LogP) is 3.43. The van der Waals surface area contributed by atoms with Crippen LogP contribution in [0.2, 0.25) is 0 Å². The lowest BCUT2D eigenvalue weighted by Gasteiger charge is -2.35. The van der Waals surface area contributed by atoms with Crippen molar-refractivity contribution in [2.24, 2.45) is 10.9 Å². The molecule has 2 heterocycles. The Hall–Kier alpha value is -0.380. The maximum Gasteiger partial charge on any atom is 0.191 e. The maximum atomic E-state index is 4.86. The van der Waals surface area contributed by atoms with Gasteiger partial charge in [0.15, 0.2) is 5.96 Å². The normalized spacial score (nSPS) is 18.4. The monoisotopic (exact) mass is 521 g/mol. The molecule has 1 fully saturated rings. The van der Waals surface area contributed by atoms with E-state index in [1.807, 2.05) is 11.3 Å². The molecule has 2 rings (SSSR count). The number of guanidine groups is 1. The molecule has 0 spiro atoms. The molecular weight excluding hydrogens is 481 g/mol. The van der Waals surface area contributed by atoms with Crippen molar-refractivity contribution in [2.75, 3.05) is 52.4 Å². The van der Waals surface area contributed by atoms with Gasteiger partial charge in [0.1, 0.15) is 0 Å². The largest absolute Gasteiger partial charge is 0.357 e. The van der Waals surface area contributed by atoms with Gasteiger partial charge < -0.3 is 20.4 Å². The Morgan fingerprint density at radius 3 is 2.39 bits per heavy atom. The van der Waals surface area contributed by atoms with Gasteiger partial charge in [-0.05, 0) is 45.4 Å². The van der Waals surface area contributed by atoms with Crippen molar-refractivity contribution in [1.82, 2.24) is 20.4 Å². The average molecular weight is 522 g/mol. The highest BCUT2D eigenvalue weighted by Crippen LogP contribution is 2.16. The molecule has 2 atom stereocenters. The number of likely N-dealkylation sites (N-methyl/N-ethyl adjacent to an activating group) is 1. The lowest BCUT2D eigenvalue weighted by atomic mass is 10.1. The first-order chi connectivity index (χ1) is 13.0. The molecule has 2 N–H and O–H groups in total. The van der Waals surface area contributed by atoms with Crippen LogP contribution in [0.1, 0.15) is 37.4 Å². The Labute approximate surface area is 193 Å². The second-order valence-electron chi connectivity index (χ2n) is 7.82. The minimum absolute atomic E-state index is 0. The second-order valence-corrected chi connectivity index (χ2v) is 9.19. The highest BCUT2D eigenvalue weighted by atomic mass is 127. The van der Waals surface area contributed by atoms with Gasteiger partial charge in [-0.3, -0.25) is 4.99 Å². The summed E-state index contributed by atoms with van der Waals surface area (Å²) in [7, 11) is 0. The topological polar surface area (TPSA) is 42.9 Å². The summed E-state index contributed by atoms with van der Waals surface area (Å²) < 4.78 is 0. The Bertz CT molecular complexity index is 569. The van der Waals surface area contributed by atoms with Crippen LogP contribution in [-0.4, -0.2) is 74.2 Å². The smallest absolute Gasteiger partial charge is 0.191 e. The van der Waals surface area contributed by atoms with Gasteiger partial charge in [-0.15, -0.1) is 35.3 Å². The highest BCUT2D eigenvalue weighted by Gasteiger charge is 2.17. The lowest BCUT2D eigenvalue weighted by Crippen LogP contribution is -2.47. The van der Waals surface area contributed by atoms with Crippen LogP contribution in [0, 0.1) is 12.8 Å². The van der Waals surface area contributed by atoms with Gasteiger partial charge in [-0.25, -0.2) is 0 Å². The third-order valence-electron chi connectivity index (χ3n) is 5.07. The van der Waals surface area contributed by atoms with Crippen LogP contribution >= 0.6 is 35.3 Å². The van der Waals surface area contributed by atoms with Gasteiger partial charge in [-0.1, -0.05) is 13.8 Å². The molecule has 1 aromatic rings. The predicted molar refractivity (Wildman–Crippen MR) is 134 cm³/mol. The van der Waals surface area contributed by atoms with Crippen LogP contribution in [-0.2, 0) is 6.42 Å². The number of rotatable bonds is 9. The summed E-state index contributed by atoms with van der Waals surface area (Å²) in [5, 5.41) is 6.97. The summed E-state index contributed by atoms with van der Waals surface area (Å²) >= 11 is 1.89. The average Bonchev–Trinajstić information content (AvgIpc) is 3.05. The van der Waals surface area contributed by atoms with E-state index in [1.54, 1.807) is 0 Å². The number of hydrogen-bond acceptors (Lipinski definition) is 4. The van der Waals surface area contributed by atoms with E-state index >= 15 is 0 Å². The zero-order chi connectivity index (χ0) is 19.6. The van der Waals surface area contributed by atoms with E-state index in [-0.39, 0.29) is 24.0 Å². The molecule has 0 aliphatic carbocycles. The fraction of sp³-hybridized carbons (Fsp3) is 0.762. The molecule has 162 valence electrons. The van der Waals surface area contributed by atoms with E-state index < -0.39 is 0 Å². The number of piperazine rings is 1. The van der Waals surface area contributed by atoms with Crippen molar-refractivity contribution in [3.8, 4) is 0 Å². The Morgan fingerprint density at radius 1 is 1.14 bits per heavy atom. The summed E-state index contributed by atoms with van der Waals surface area (Å²) in [5.74, 6) is 1.52. The summed E-state index contributed by atoms with van der Waals surface area (Å²) in [6.45, 7) is 20.0. The number of nitrogens with one attached hydrogen (secondary N) is 2. The Balaban J connectivity index is 0.00000392. The molecule has 7 heteroatoms. The molecule has 5 nitrogen and oxygen atoms in total. The standard InChI is InChI=1S/C21H39N5S.HI/c1-6-22-21(24-18(4)14-20-9-8-19(5)27-20)23-15-17(3)16-26-12-10-25(7-2)11-13-26;/h8-9,17-18H,6-7,10-16H2,1-5H3,(H2,22,23,24);1H. The van der Waals surface area contributed by atoms with E-state index in [4.69, 9.17) is 4.99 Å². The number of nitrogens with zero attached hydrogens (tertiary/aromatic N) is 3. The molecule has 1 aromatic heterocycles. The molecule has 0 amide bonds. The molecule has 0 saturated carbocycles. The first-order valence-corrected chi connectivity index (χ1v) is 11.4. The van der Waals surface area contributed by atoms with E-state index in [9.17, 15) is 0 Å². The summed E-state index contributed by atoms with van der Waals surface area (Å²) in [6.07, 6.45) is 1.04. The minimum Gasteiger partial charge on any atom is -0.357 e. The molecule has 28 heavy (non-hydrogen) atoms. The van der Waals surface area contributed by atoms with Crippen LogP contribution in [0.4, 0.5) is 0 Å². The van der Waals surface area contributed by atoms with Crippen LogP contribution in [0.25, 0.3) is 0 Å². The van der Waals surface area contributed by atoms with Gasteiger partial charge in [0.25, 0.3) is 0 Å². The number of hydrogen-bond donors (Lipinski definition) is 2. The van der Waals surface area contributed by atoms with Crippen LogP contribution < -0.4 is 10.6 Å². The zero-order valence-electron chi connectivity index (χ0n) is 18.3. The molecule has 0 aromatic carbocycles. The van der Waals surface area contributed by atoms with Crippen molar-refractivity contribution in [1.29, 1.82) is 0 Å². The van der Waals surface area contributed by atoms with Crippen LogP contribution in [0.5, 0.6) is 0 Å². The number of aryl methyl sites for hydroxylation is 1. The van der Waals surface area contributed by atoms with E-state index in [0.29, 0.717) is 12.0 Å². The van der Waals surface area contributed by atoms with Gasteiger partial charge in [0, 0.05) is 68.0 Å². The zero-order valence-corrected chi connectivity index (χ0v) is 21.5. The van der Waals surface area contributed by atoms with Crippen LogP contribution in [0.3, 0.4) is 0 Å². The van der Waals surface area contributed by atoms with E-state index in [2.05, 4.69) is 67.2 Å². The van der Waals surface area contributed by atoms with Crippen LogP contribution in [0.15, 0.2) is 17.1 Å². The fourth-order valence-corrected chi connectivity index (χ4v) is 4.55. The molecular formula is C21H40IN5S. The number of halogens is 1. The molecule has 1 saturated heterocycles. The SMILES string of the molecule is CCNC(=NCC(C)CN1CCN(CC)CC1)NC(C)Cc1ccc(C)s1.I. The second kappa shape index (κ2) is 13.8. The molecule has 1 aliphatic rings. The van der Waals surface area contributed by atoms with Gasteiger partial charge in [0.2, 0.25) is 0 Å². The first kappa shape index (κ1) is 25.7. The van der Waals surface area contributed by atoms with Gasteiger partial charge in [0.05, 0.1) is 0 Å². The van der Waals surface area contributed by atoms with E-state index in [0.717, 1.165) is 32.0 Å². The first-order valence-electron chi connectivity index (χ1n) is 10.5. The van der Waals surface area contributed by atoms with Gasteiger partial charge >= 0.3 is 0 Å². The molecule has 0 bridgehead atoms. The lowest BCUT2D eigenvalue weighted by molar-refractivity contribution is 0.125. The van der Waals surface area contributed by atoms with Gasteiger partial charge in [-0.2, -0.15) is 0 Å². The quantitative estimate of drug-likeness (QED) is 0.297. The fourth-order valence-electron chi connectivity index (χ4n) is 3.53. The maximum absolute atomic E-state index is 4.86. The molecule has 1 aliphatic heterocycles. The third-order valence-corrected chi connectivity index (χ3v) is 6.10. The Kier molecular flexibility index (Phi) is 12.6. The van der Waals surface area contributed by atoms with E-state index in [1.165, 1.54) is 42.5 Å². The minimum atomic E-state index is 0. The van der Waals surface area contributed by atoms with Crippen molar-refractivity contribution in [3.05, 3.63) is 21.9 Å². The molecule has 0 radical (unpaired) electrons. The number of thiophene rings is 1. The van der Waals surface area contributed by atoms with Crippen molar-refractivity contribution >= 4 is 41.3 Å². The summed E-state index contributed by atoms with van der Waals surface area (Å²) in [5.41, 5.74) is 0. The molecule has 2 unspecified atom stereocenters. The number of aliphatic imine (C=N–C) groups is 1. The van der Waals surface area contributed by atoms with Crippen molar-refractivity contribution < 1.29 is 0 Å². The highest BCUT2D eigenvalue weighted by molar-refractivity contribution is 14.0. The Morgan fingerprint density at radius 2 is 1.82 bits per heavy atom. The van der Waals surface area contributed by atoms with Crippen molar-refractivity contribution in [3.63, 3.8) is 0 Å². The summed E-state index contributed by atoms with van der Waals surface area (Å²) in [4.78, 5) is 12.8. The third kappa shape index (κ3) is 9.41. The summed E-state index contributed by atoms with van der Waals surface area (Å²) in [6, 6.07) is 4.81.